The average Bonchev–Trinajstić information content (AvgIpc) is 2.05. The van der Waals surface area contributed by atoms with Crippen LogP contribution in [0.15, 0.2) is 4.58 Å². The topological polar surface area (TPSA) is 63.6 Å². The molecular weight excluding hydrogens is 214 g/mol. The molecule has 0 aromatic heterocycles. The van der Waals surface area contributed by atoms with Gasteiger partial charge in [-0.15, -0.1) is 16.5 Å². The summed E-state index contributed by atoms with van der Waals surface area (Å²) in [6.07, 6.45) is 1.69. The number of nitroso groups, excluding NO2 is 1. The number of alkyl halides is 1. The van der Waals surface area contributed by atoms with Crippen molar-refractivity contribution in [2.45, 2.75) is 43.7 Å². The monoisotopic (exact) mass is 227 g/mol. The Morgan fingerprint density at radius 2 is 1.92 bits per heavy atom. The van der Waals surface area contributed by atoms with Crippen molar-refractivity contribution in [3.63, 3.8) is 0 Å². The number of halogens is 1. The highest BCUT2D eigenvalue weighted by molar-refractivity contribution is 7.90. The number of hydrogen-bond donors (Lipinski definition) is 0. The Kier molecular flexibility index (Phi) is 5.48. The molecule has 6 heteroatoms. The zero-order chi connectivity index (χ0) is 10.5. The first-order chi connectivity index (χ1) is 5.99. The first kappa shape index (κ1) is 12.8. The van der Waals surface area contributed by atoms with Gasteiger partial charge in [0.2, 0.25) is 0 Å². The van der Waals surface area contributed by atoms with E-state index in [2.05, 4.69) is 4.58 Å². The third kappa shape index (κ3) is 3.60. The number of rotatable bonds is 6. The van der Waals surface area contributed by atoms with Gasteiger partial charge in [0, 0.05) is 0 Å². The van der Waals surface area contributed by atoms with E-state index in [1.807, 2.05) is 6.92 Å². The van der Waals surface area contributed by atoms with E-state index in [1.54, 1.807) is 6.92 Å². The molecule has 0 radical (unpaired) electrons. The fourth-order valence-electron chi connectivity index (χ4n) is 1.17. The van der Waals surface area contributed by atoms with E-state index in [9.17, 15) is 13.3 Å². The van der Waals surface area contributed by atoms with Crippen molar-refractivity contribution in [1.29, 1.82) is 0 Å². The fourth-order valence-corrected chi connectivity index (χ4v) is 3.00. The lowest BCUT2D eigenvalue weighted by Crippen LogP contribution is -2.28. The molecule has 0 saturated carbocycles. The molecule has 0 rings (SSSR count). The summed E-state index contributed by atoms with van der Waals surface area (Å²) in [5.74, 6) is 0. The molecule has 0 aromatic carbocycles. The molecule has 13 heavy (non-hydrogen) atoms. The predicted octanol–water partition coefficient (Wildman–Crippen LogP) is 2.27. The van der Waals surface area contributed by atoms with Crippen molar-refractivity contribution in [3.8, 4) is 0 Å². The third-order valence-electron chi connectivity index (χ3n) is 1.86. The first-order valence-electron chi connectivity index (χ1n) is 4.22. The van der Waals surface area contributed by atoms with Gasteiger partial charge >= 0.3 is 0 Å². The van der Waals surface area contributed by atoms with E-state index in [4.69, 9.17) is 11.6 Å². The highest BCUT2D eigenvalue weighted by atomic mass is 35.5. The summed E-state index contributed by atoms with van der Waals surface area (Å²) in [7, 11) is -3.89. The van der Waals surface area contributed by atoms with Crippen molar-refractivity contribution in [1.82, 2.24) is 0 Å². The van der Waals surface area contributed by atoms with Gasteiger partial charge < -0.3 is 0 Å². The third-order valence-corrected chi connectivity index (χ3v) is 4.16. The summed E-state index contributed by atoms with van der Waals surface area (Å²) < 4.78 is 24.3. The van der Waals surface area contributed by atoms with E-state index in [0.717, 1.165) is 6.42 Å². The number of sulfonamides is 1. The standard InChI is InChI=1S/C7H14ClNO3S/c1-3-5-6(8)7(4-2)13(11,12)9-10/h6-7H,3-5H2,1-2H3. The molecule has 2 unspecified atom stereocenters. The molecule has 0 fully saturated rings. The van der Waals surface area contributed by atoms with E-state index >= 15 is 0 Å². The van der Waals surface area contributed by atoms with E-state index in [-0.39, 0.29) is 0 Å². The quantitative estimate of drug-likeness (QED) is 0.517. The van der Waals surface area contributed by atoms with Crippen LogP contribution in [0.1, 0.15) is 33.1 Å². The van der Waals surface area contributed by atoms with Crippen molar-refractivity contribution in [2.24, 2.45) is 4.58 Å². The summed E-state index contributed by atoms with van der Waals surface area (Å²) in [5.41, 5.74) is 0. The molecule has 0 bridgehead atoms. The van der Waals surface area contributed by atoms with Gasteiger partial charge in [0.1, 0.15) is 5.25 Å². The van der Waals surface area contributed by atoms with Crippen molar-refractivity contribution >= 4 is 21.6 Å². The van der Waals surface area contributed by atoms with Crippen molar-refractivity contribution in [2.75, 3.05) is 0 Å². The number of hydrogen-bond acceptors (Lipinski definition) is 3. The Balaban J connectivity index is 4.60. The van der Waals surface area contributed by atoms with Gasteiger partial charge in [-0.2, -0.15) is 0 Å². The Morgan fingerprint density at radius 3 is 2.23 bits per heavy atom. The van der Waals surface area contributed by atoms with Crippen LogP contribution >= 0.6 is 11.6 Å². The van der Waals surface area contributed by atoms with Crippen LogP contribution in [-0.4, -0.2) is 19.0 Å². The first-order valence-corrected chi connectivity index (χ1v) is 6.16. The van der Waals surface area contributed by atoms with Gasteiger partial charge in [-0.25, -0.2) is 8.42 Å². The maximum absolute atomic E-state index is 11.1. The zero-order valence-corrected chi connectivity index (χ0v) is 9.31. The predicted molar refractivity (Wildman–Crippen MR) is 53.3 cm³/mol. The summed E-state index contributed by atoms with van der Waals surface area (Å²) in [6, 6.07) is 0. The maximum atomic E-state index is 11.1. The summed E-state index contributed by atoms with van der Waals surface area (Å²) in [5, 5.41) is -1.36. The molecule has 0 N–H and O–H groups in total. The lowest BCUT2D eigenvalue weighted by atomic mass is 10.1. The van der Waals surface area contributed by atoms with Gasteiger partial charge in [-0.3, -0.25) is 0 Å². The second-order valence-corrected chi connectivity index (χ2v) is 5.19. The van der Waals surface area contributed by atoms with Crippen LogP contribution in [-0.2, 0) is 10.0 Å². The fraction of sp³-hybridized carbons (Fsp3) is 1.00. The molecule has 0 amide bonds. The normalized spacial score (nSPS) is 16.5. The van der Waals surface area contributed by atoms with Gasteiger partial charge in [0.25, 0.3) is 10.0 Å². The minimum atomic E-state index is -3.89. The Bertz CT molecular complexity index is 252. The SMILES string of the molecule is CCCC(Cl)C(CC)S(=O)(=O)N=O. The molecule has 2 atom stereocenters. The van der Waals surface area contributed by atoms with E-state index < -0.39 is 20.7 Å². The van der Waals surface area contributed by atoms with Crippen LogP contribution in [0.2, 0.25) is 0 Å². The molecule has 78 valence electrons. The summed E-state index contributed by atoms with van der Waals surface area (Å²) in [6.45, 7) is 3.58. The molecule has 0 aliphatic carbocycles. The largest absolute Gasteiger partial charge is 0.292 e. The van der Waals surface area contributed by atoms with Crippen LogP contribution in [0.3, 0.4) is 0 Å². The summed E-state index contributed by atoms with van der Waals surface area (Å²) in [4.78, 5) is 10.0. The van der Waals surface area contributed by atoms with Crippen molar-refractivity contribution < 1.29 is 8.42 Å². The Hall–Kier alpha value is -0.160. The van der Waals surface area contributed by atoms with Crippen molar-refractivity contribution in [3.05, 3.63) is 4.91 Å². The molecule has 0 aromatic rings. The van der Waals surface area contributed by atoms with Crippen LogP contribution in [0.5, 0.6) is 0 Å². The molecule has 0 saturated heterocycles. The average molecular weight is 228 g/mol. The minimum Gasteiger partial charge on any atom is -0.201 e. The second kappa shape index (κ2) is 5.54. The molecule has 0 aliphatic heterocycles. The summed E-state index contributed by atoms with van der Waals surface area (Å²) >= 11 is 5.83. The van der Waals surface area contributed by atoms with Crippen LogP contribution in [0.25, 0.3) is 0 Å². The van der Waals surface area contributed by atoms with Gasteiger partial charge in [0.05, 0.1) is 9.96 Å². The zero-order valence-electron chi connectivity index (χ0n) is 7.73. The number of nitrogens with zero attached hydrogens (tertiary/aromatic N) is 1. The van der Waals surface area contributed by atoms with E-state index in [0.29, 0.717) is 12.8 Å². The lowest BCUT2D eigenvalue weighted by molar-refractivity contribution is 0.562. The molecule has 0 heterocycles. The molecule has 0 spiro atoms. The Morgan fingerprint density at radius 1 is 1.38 bits per heavy atom. The Labute approximate surface area is 83.7 Å². The lowest BCUT2D eigenvalue weighted by Gasteiger charge is -2.16. The van der Waals surface area contributed by atoms with Crippen LogP contribution < -0.4 is 0 Å². The highest BCUT2D eigenvalue weighted by Gasteiger charge is 2.31. The molecule has 0 aliphatic rings. The van der Waals surface area contributed by atoms with Crippen LogP contribution in [0, 0.1) is 4.91 Å². The highest BCUT2D eigenvalue weighted by Crippen LogP contribution is 2.21. The molecular formula is C7H14ClNO3S. The van der Waals surface area contributed by atoms with Gasteiger partial charge in [0.15, 0.2) is 0 Å². The maximum Gasteiger partial charge on any atom is 0.292 e. The van der Waals surface area contributed by atoms with Crippen LogP contribution in [0.4, 0.5) is 0 Å². The smallest absolute Gasteiger partial charge is 0.201 e. The van der Waals surface area contributed by atoms with E-state index in [1.165, 1.54) is 0 Å². The van der Waals surface area contributed by atoms with Gasteiger partial charge in [-0.05, 0) is 12.8 Å². The second-order valence-electron chi connectivity index (χ2n) is 2.84. The molecule has 4 nitrogen and oxygen atoms in total. The minimum absolute atomic E-state index is 0.322. The van der Waals surface area contributed by atoms with Gasteiger partial charge in [-0.1, -0.05) is 20.3 Å².